The Morgan fingerprint density at radius 2 is 1.74 bits per heavy atom. The topological polar surface area (TPSA) is 46.5 Å². The number of rotatable bonds is 2. The summed E-state index contributed by atoms with van der Waals surface area (Å²) >= 11 is 0. The fourth-order valence-corrected chi connectivity index (χ4v) is 6.24. The predicted octanol–water partition coefficient (Wildman–Crippen LogP) is 2.83. The Hall–Kier alpha value is -0.830. The Balaban J connectivity index is 1.92. The van der Waals surface area contributed by atoms with E-state index in [2.05, 4.69) is 20.4 Å². The van der Waals surface area contributed by atoms with E-state index in [1.807, 2.05) is 6.92 Å². The Morgan fingerprint density at radius 1 is 1.16 bits per heavy atom. The molecule has 3 rings (SSSR count). The van der Waals surface area contributed by atoms with Crippen LogP contribution in [0.2, 0.25) is 0 Å². The van der Waals surface area contributed by atoms with Crippen molar-refractivity contribution in [2.24, 2.45) is 16.7 Å². The molecule has 0 amide bonds. The number of carbonyl (C=O) groups is 1. The van der Waals surface area contributed by atoms with Crippen LogP contribution in [0.25, 0.3) is 0 Å². The molecule has 3 aliphatic rings. The third kappa shape index (κ3) is 1.57. The van der Waals surface area contributed by atoms with E-state index in [0.717, 1.165) is 19.3 Å². The normalized spacial score (nSPS) is 54.5. The van der Waals surface area contributed by atoms with Gasteiger partial charge >= 0.3 is 5.97 Å². The van der Waals surface area contributed by atoms with Crippen molar-refractivity contribution in [3.8, 4) is 0 Å². The molecule has 0 spiro atoms. The summed E-state index contributed by atoms with van der Waals surface area (Å²) in [6.45, 7) is 11.7. The van der Waals surface area contributed by atoms with Crippen LogP contribution in [-0.2, 0) is 9.53 Å². The summed E-state index contributed by atoms with van der Waals surface area (Å²) in [5.41, 5.74) is -0.332. The predicted molar refractivity (Wildman–Crippen MR) is 72.4 cm³/mol. The van der Waals surface area contributed by atoms with Crippen LogP contribution in [0.4, 0.5) is 0 Å². The lowest BCUT2D eigenvalue weighted by Crippen LogP contribution is -2.79. The van der Waals surface area contributed by atoms with Gasteiger partial charge in [0.05, 0.1) is 5.60 Å². The molecule has 3 nitrogen and oxygen atoms in total. The molecule has 0 aromatic rings. The van der Waals surface area contributed by atoms with Gasteiger partial charge in [0, 0.05) is 17.9 Å². The Bertz CT molecular complexity index is 480. The van der Waals surface area contributed by atoms with Gasteiger partial charge in [-0.25, -0.2) is 4.79 Å². The SMILES string of the molecule is C=C(C)C(=O)OC12CC(C)(O)CC3(C)CC(C)(C1)C32. The highest BCUT2D eigenvalue weighted by Gasteiger charge is 2.79. The zero-order valence-corrected chi connectivity index (χ0v) is 12.4. The van der Waals surface area contributed by atoms with Crippen LogP contribution >= 0.6 is 0 Å². The minimum absolute atomic E-state index is 0.115. The molecule has 0 aromatic carbocycles. The van der Waals surface area contributed by atoms with E-state index in [1.54, 1.807) is 6.92 Å². The maximum Gasteiger partial charge on any atom is 0.333 e. The van der Waals surface area contributed by atoms with E-state index in [0.29, 0.717) is 23.3 Å². The standard InChI is InChI=1S/C16H24O3/c1-10(2)11(17)19-16-8-14(4)6-13(3,12(14)16)7-15(5,18)9-16/h12,18H,1,6-9H2,2-5H3. The van der Waals surface area contributed by atoms with Gasteiger partial charge < -0.3 is 9.84 Å². The molecule has 5 atom stereocenters. The fraction of sp³-hybridized carbons (Fsp3) is 0.812. The third-order valence-corrected chi connectivity index (χ3v) is 5.54. The second kappa shape index (κ2) is 3.25. The van der Waals surface area contributed by atoms with Gasteiger partial charge in [0.15, 0.2) is 0 Å². The molecule has 0 heterocycles. The highest BCUT2D eigenvalue weighted by atomic mass is 16.6. The molecule has 3 aliphatic carbocycles. The number of esters is 1. The largest absolute Gasteiger partial charge is 0.455 e. The lowest BCUT2D eigenvalue weighted by molar-refractivity contribution is -0.359. The van der Waals surface area contributed by atoms with Crippen LogP contribution in [-0.4, -0.2) is 22.3 Å². The Kier molecular flexibility index (Phi) is 2.25. The van der Waals surface area contributed by atoms with E-state index < -0.39 is 11.2 Å². The van der Waals surface area contributed by atoms with Crippen LogP contribution < -0.4 is 0 Å². The van der Waals surface area contributed by atoms with Gasteiger partial charge in [0.25, 0.3) is 0 Å². The van der Waals surface area contributed by atoms with Crippen molar-refractivity contribution in [3.63, 3.8) is 0 Å². The van der Waals surface area contributed by atoms with Crippen molar-refractivity contribution in [1.29, 1.82) is 0 Å². The quantitative estimate of drug-likeness (QED) is 0.616. The molecule has 1 N–H and O–H groups in total. The first-order chi connectivity index (χ1) is 8.52. The van der Waals surface area contributed by atoms with Crippen molar-refractivity contribution in [2.45, 2.75) is 64.6 Å². The molecule has 0 radical (unpaired) electrons. The number of hydrogen-bond acceptors (Lipinski definition) is 3. The van der Waals surface area contributed by atoms with Gasteiger partial charge in [-0.05, 0) is 43.9 Å². The van der Waals surface area contributed by atoms with Crippen LogP contribution in [0.15, 0.2) is 12.2 Å². The van der Waals surface area contributed by atoms with Gasteiger partial charge in [-0.2, -0.15) is 0 Å². The minimum Gasteiger partial charge on any atom is -0.455 e. The van der Waals surface area contributed by atoms with Crippen LogP contribution in [0.3, 0.4) is 0 Å². The smallest absolute Gasteiger partial charge is 0.333 e. The summed E-state index contributed by atoms with van der Waals surface area (Å²) in [5.74, 6) is 0.0880. The molecule has 3 heteroatoms. The summed E-state index contributed by atoms with van der Waals surface area (Å²) < 4.78 is 5.81. The molecular weight excluding hydrogens is 240 g/mol. The molecule has 0 aliphatic heterocycles. The second-order valence-electron chi connectivity index (χ2n) is 8.18. The molecular formula is C16H24O3. The molecule has 3 fully saturated rings. The van der Waals surface area contributed by atoms with Crippen LogP contribution in [0.5, 0.6) is 0 Å². The highest BCUT2D eigenvalue weighted by Crippen LogP contribution is 2.80. The lowest BCUT2D eigenvalue weighted by atomic mass is 9.27. The van der Waals surface area contributed by atoms with Crippen molar-refractivity contribution in [2.75, 3.05) is 0 Å². The number of hydrogen-bond donors (Lipinski definition) is 1. The van der Waals surface area contributed by atoms with Gasteiger partial charge in [0.2, 0.25) is 0 Å². The molecule has 5 unspecified atom stereocenters. The molecule has 0 bridgehead atoms. The van der Waals surface area contributed by atoms with Crippen molar-refractivity contribution in [1.82, 2.24) is 0 Å². The first-order valence-corrected chi connectivity index (χ1v) is 7.13. The maximum absolute atomic E-state index is 11.9. The van der Waals surface area contributed by atoms with Gasteiger partial charge in [-0.15, -0.1) is 0 Å². The third-order valence-electron chi connectivity index (χ3n) is 5.54. The first-order valence-electron chi connectivity index (χ1n) is 7.13. The maximum atomic E-state index is 11.9. The summed E-state index contributed by atoms with van der Waals surface area (Å²) in [6, 6.07) is 0. The van der Waals surface area contributed by atoms with Crippen LogP contribution in [0.1, 0.15) is 53.4 Å². The van der Waals surface area contributed by atoms with Gasteiger partial charge in [0.1, 0.15) is 5.60 Å². The molecule has 0 aromatic heterocycles. The lowest BCUT2D eigenvalue weighted by Gasteiger charge is -2.79. The van der Waals surface area contributed by atoms with E-state index in [9.17, 15) is 9.90 Å². The van der Waals surface area contributed by atoms with Crippen molar-refractivity contribution < 1.29 is 14.6 Å². The minimum atomic E-state index is -0.734. The molecule has 106 valence electrons. The Morgan fingerprint density at radius 3 is 2.26 bits per heavy atom. The van der Waals surface area contributed by atoms with E-state index >= 15 is 0 Å². The van der Waals surface area contributed by atoms with Crippen molar-refractivity contribution in [3.05, 3.63) is 12.2 Å². The van der Waals surface area contributed by atoms with Gasteiger partial charge in [-0.3, -0.25) is 0 Å². The zero-order valence-electron chi connectivity index (χ0n) is 12.4. The van der Waals surface area contributed by atoms with Crippen molar-refractivity contribution >= 4 is 5.97 Å². The average Bonchev–Trinajstić information content (AvgIpc) is 2.09. The summed E-state index contributed by atoms with van der Waals surface area (Å²) in [5, 5.41) is 10.5. The summed E-state index contributed by atoms with van der Waals surface area (Å²) in [7, 11) is 0. The average molecular weight is 264 g/mol. The molecule has 19 heavy (non-hydrogen) atoms. The highest BCUT2D eigenvalue weighted by molar-refractivity contribution is 5.87. The van der Waals surface area contributed by atoms with E-state index in [1.165, 1.54) is 0 Å². The first kappa shape index (κ1) is 13.2. The van der Waals surface area contributed by atoms with E-state index in [-0.39, 0.29) is 11.4 Å². The van der Waals surface area contributed by atoms with E-state index in [4.69, 9.17) is 4.74 Å². The Labute approximate surface area is 115 Å². The number of ether oxygens (including phenoxy) is 1. The fourth-order valence-electron chi connectivity index (χ4n) is 6.24. The molecule has 0 saturated heterocycles. The monoisotopic (exact) mass is 264 g/mol. The van der Waals surface area contributed by atoms with Crippen LogP contribution in [0, 0.1) is 16.7 Å². The summed E-state index contributed by atoms with van der Waals surface area (Å²) in [6.07, 6.45) is 3.39. The molecule has 3 saturated carbocycles. The number of carbonyl (C=O) groups excluding carboxylic acids is 1. The second-order valence-corrected chi connectivity index (χ2v) is 8.18. The van der Waals surface area contributed by atoms with Gasteiger partial charge in [-0.1, -0.05) is 20.4 Å². The number of aliphatic hydroxyl groups is 1. The zero-order chi connectivity index (χ0) is 14.3. The summed E-state index contributed by atoms with van der Waals surface area (Å²) in [4.78, 5) is 11.9.